The summed E-state index contributed by atoms with van der Waals surface area (Å²) in [5.41, 5.74) is 2.29. The molecule has 0 spiro atoms. The normalized spacial score (nSPS) is 11.8. The molecule has 1 aromatic heterocycles. The average molecular weight is 361 g/mol. The topological polar surface area (TPSA) is 66.2 Å². The second kappa shape index (κ2) is 8.71. The molecule has 0 bridgehead atoms. The molecule has 1 heterocycles. The fraction of sp³-hybridized carbons (Fsp3) is 0.389. The molecule has 0 N–H and O–H groups in total. The van der Waals surface area contributed by atoms with E-state index in [-0.39, 0.29) is 17.8 Å². The highest BCUT2D eigenvalue weighted by atomic mass is 32.2. The second-order valence-electron chi connectivity index (χ2n) is 5.69. The molecule has 25 heavy (non-hydrogen) atoms. The Kier molecular flexibility index (Phi) is 6.64. The number of benzene rings is 1. The summed E-state index contributed by atoms with van der Waals surface area (Å²) in [6.07, 6.45) is 1.47. The summed E-state index contributed by atoms with van der Waals surface area (Å²) in [7, 11) is 1.36. The second-order valence-corrected chi connectivity index (χ2v) is 6.63. The van der Waals surface area contributed by atoms with Crippen LogP contribution in [-0.2, 0) is 16.1 Å². The van der Waals surface area contributed by atoms with Crippen LogP contribution in [0.25, 0.3) is 0 Å². The summed E-state index contributed by atoms with van der Waals surface area (Å²) < 4.78 is 12.6. The molecule has 6 nitrogen and oxygen atoms in total. The Morgan fingerprint density at radius 1 is 1.32 bits per heavy atom. The van der Waals surface area contributed by atoms with E-state index in [2.05, 4.69) is 27.6 Å². The van der Waals surface area contributed by atoms with E-state index in [4.69, 9.17) is 4.74 Å². The van der Waals surface area contributed by atoms with E-state index in [0.717, 1.165) is 16.9 Å². The van der Waals surface area contributed by atoms with E-state index in [1.165, 1.54) is 18.9 Å². The Hall–Kier alpha value is -2.28. The number of methoxy groups -OCH3 is 1. The zero-order valence-electron chi connectivity index (χ0n) is 15.0. The molecule has 1 aromatic carbocycles. The van der Waals surface area contributed by atoms with Crippen molar-refractivity contribution < 1.29 is 14.3 Å². The van der Waals surface area contributed by atoms with Gasteiger partial charge in [0, 0.05) is 6.54 Å². The predicted octanol–water partition coefficient (Wildman–Crippen LogP) is 3.49. The molecular formula is C18H23N3O3S. The number of hydrogen-bond acceptors (Lipinski definition) is 6. The summed E-state index contributed by atoms with van der Waals surface area (Å²) in [6.45, 7) is 10.3. The van der Waals surface area contributed by atoms with Crippen LogP contribution in [0.2, 0.25) is 0 Å². The van der Waals surface area contributed by atoms with Crippen LogP contribution >= 0.6 is 11.8 Å². The maximum atomic E-state index is 11.4. The molecular weight excluding hydrogens is 338 g/mol. The van der Waals surface area contributed by atoms with Crippen LogP contribution in [0.3, 0.4) is 0 Å². The van der Waals surface area contributed by atoms with Gasteiger partial charge in [0.25, 0.3) is 0 Å². The van der Waals surface area contributed by atoms with Crippen LogP contribution in [0.15, 0.2) is 36.0 Å². The van der Waals surface area contributed by atoms with Crippen LogP contribution in [0.4, 0.5) is 0 Å². The molecule has 0 fully saturated rings. The van der Waals surface area contributed by atoms with Crippen molar-refractivity contribution in [1.29, 1.82) is 0 Å². The van der Waals surface area contributed by atoms with Gasteiger partial charge in [-0.1, -0.05) is 23.9 Å². The standard InChI is InChI=1S/C18H23N3O3S/c1-6-7-21-17(19-20-18(21)25-11-16(22)23-5)14(4)24-15-9-12(2)8-13(3)10-15/h6,8-10,14H,1,7,11H2,2-5H3. The third kappa shape index (κ3) is 5.09. The summed E-state index contributed by atoms with van der Waals surface area (Å²) >= 11 is 1.28. The SMILES string of the molecule is C=CCn1c(SCC(=O)OC)nnc1C(C)Oc1cc(C)cc(C)c1. The third-order valence-corrected chi connectivity index (χ3v) is 4.42. The molecule has 2 aromatic rings. The van der Waals surface area contributed by atoms with Gasteiger partial charge in [0.1, 0.15) is 5.75 Å². The molecule has 0 radical (unpaired) electrons. The Morgan fingerprint density at radius 2 is 2.00 bits per heavy atom. The quantitative estimate of drug-likeness (QED) is 0.407. The van der Waals surface area contributed by atoms with E-state index in [9.17, 15) is 4.79 Å². The van der Waals surface area contributed by atoms with Crippen molar-refractivity contribution in [3.8, 4) is 5.75 Å². The van der Waals surface area contributed by atoms with Gasteiger partial charge in [0.2, 0.25) is 0 Å². The summed E-state index contributed by atoms with van der Waals surface area (Å²) in [5.74, 6) is 1.35. The number of aromatic nitrogens is 3. The van der Waals surface area contributed by atoms with Crippen LogP contribution in [0, 0.1) is 13.8 Å². The molecule has 134 valence electrons. The van der Waals surface area contributed by atoms with Crippen molar-refractivity contribution in [2.75, 3.05) is 12.9 Å². The van der Waals surface area contributed by atoms with E-state index < -0.39 is 0 Å². The molecule has 0 aliphatic rings. The maximum Gasteiger partial charge on any atom is 0.316 e. The van der Waals surface area contributed by atoms with Gasteiger partial charge in [-0.2, -0.15) is 0 Å². The molecule has 1 unspecified atom stereocenters. The van der Waals surface area contributed by atoms with E-state index in [0.29, 0.717) is 17.5 Å². The zero-order valence-corrected chi connectivity index (χ0v) is 15.8. The molecule has 2 rings (SSSR count). The monoisotopic (exact) mass is 361 g/mol. The molecule has 0 saturated heterocycles. The Labute approximate surface area is 152 Å². The van der Waals surface area contributed by atoms with Crippen molar-refractivity contribution in [3.63, 3.8) is 0 Å². The number of carbonyl (C=O) groups is 1. The number of aryl methyl sites for hydroxylation is 2. The first-order valence-corrected chi connectivity index (χ1v) is 8.91. The lowest BCUT2D eigenvalue weighted by Crippen LogP contribution is -2.13. The van der Waals surface area contributed by atoms with E-state index in [1.807, 2.05) is 37.5 Å². The third-order valence-electron chi connectivity index (χ3n) is 3.48. The van der Waals surface area contributed by atoms with Crippen LogP contribution in [0.5, 0.6) is 5.75 Å². The van der Waals surface area contributed by atoms with Gasteiger partial charge in [-0.25, -0.2) is 0 Å². The highest BCUT2D eigenvalue weighted by molar-refractivity contribution is 7.99. The summed E-state index contributed by atoms with van der Waals surface area (Å²) in [4.78, 5) is 11.4. The molecule has 7 heteroatoms. The maximum absolute atomic E-state index is 11.4. The summed E-state index contributed by atoms with van der Waals surface area (Å²) in [6, 6.07) is 6.08. The number of nitrogens with zero attached hydrogens (tertiary/aromatic N) is 3. The molecule has 0 aliphatic carbocycles. The number of thioether (sulfide) groups is 1. The van der Waals surface area contributed by atoms with Gasteiger partial charge >= 0.3 is 5.97 Å². The minimum absolute atomic E-state index is 0.179. The van der Waals surface area contributed by atoms with Crippen molar-refractivity contribution in [2.24, 2.45) is 0 Å². The smallest absolute Gasteiger partial charge is 0.316 e. The molecule has 0 aliphatic heterocycles. The van der Waals surface area contributed by atoms with Crippen molar-refractivity contribution in [3.05, 3.63) is 47.8 Å². The highest BCUT2D eigenvalue weighted by Gasteiger charge is 2.20. The van der Waals surface area contributed by atoms with Crippen LogP contribution in [-0.4, -0.2) is 33.6 Å². The largest absolute Gasteiger partial charge is 0.483 e. The van der Waals surface area contributed by atoms with Crippen LogP contribution < -0.4 is 4.74 Å². The summed E-state index contributed by atoms with van der Waals surface area (Å²) in [5, 5.41) is 9.06. The first-order chi connectivity index (χ1) is 11.9. The van der Waals surface area contributed by atoms with Gasteiger partial charge < -0.3 is 9.47 Å². The number of esters is 1. The Morgan fingerprint density at radius 3 is 2.60 bits per heavy atom. The Bertz CT molecular complexity index is 738. The molecule has 0 amide bonds. The first-order valence-electron chi connectivity index (χ1n) is 7.93. The number of allylic oxidation sites excluding steroid dienone is 1. The van der Waals surface area contributed by atoms with Crippen molar-refractivity contribution in [2.45, 2.75) is 38.6 Å². The number of ether oxygens (including phenoxy) is 2. The highest BCUT2D eigenvalue weighted by Crippen LogP contribution is 2.26. The minimum Gasteiger partial charge on any atom is -0.483 e. The number of carbonyl (C=O) groups excluding carboxylic acids is 1. The fourth-order valence-electron chi connectivity index (χ4n) is 2.45. The average Bonchev–Trinajstić information content (AvgIpc) is 2.95. The first kappa shape index (κ1) is 19.1. The van der Waals surface area contributed by atoms with Crippen molar-refractivity contribution in [1.82, 2.24) is 14.8 Å². The van der Waals surface area contributed by atoms with Crippen LogP contribution in [0.1, 0.15) is 30.0 Å². The fourth-order valence-corrected chi connectivity index (χ4v) is 3.24. The predicted molar refractivity (Wildman–Crippen MR) is 97.9 cm³/mol. The lowest BCUT2D eigenvalue weighted by Gasteiger charge is -2.16. The van der Waals surface area contributed by atoms with Gasteiger partial charge in [-0.3, -0.25) is 9.36 Å². The number of rotatable bonds is 8. The number of hydrogen-bond donors (Lipinski definition) is 0. The Balaban J connectivity index is 2.20. The van der Waals surface area contributed by atoms with Gasteiger partial charge in [0.05, 0.1) is 12.9 Å². The van der Waals surface area contributed by atoms with Gasteiger partial charge in [0.15, 0.2) is 17.1 Å². The zero-order chi connectivity index (χ0) is 18.4. The molecule has 0 saturated carbocycles. The van der Waals surface area contributed by atoms with E-state index in [1.54, 1.807) is 6.08 Å². The van der Waals surface area contributed by atoms with Gasteiger partial charge in [-0.05, 0) is 44.0 Å². The van der Waals surface area contributed by atoms with Crippen molar-refractivity contribution >= 4 is 17.7 Å². The van der Waals surface area contributed by atoms with E-state index >= 15 is 0 Å². The minimum atomic E-state index is -0.306. The lowest BCUT2D eigenvalue weighted by molar-refractivity contribution is -0.137. The molecule has 1 atom stereocenters. The lowest BCUT2D eigenvalue weighted by atomic mass is 10.1. The van der Waals surface area contributed by atoms with Gasteiger partial charge in [-0.15, -0.1) is 16.8 Å².